The zero-order chi connectivity index (χ0) is 22.9. The van der Waals surface area contributed by atoms with E-state index < -0.39 is 0 Å². The highest BCUT2D eigenvalue weighted by Gasteiger charge is 2.31. The maximum absolute atomic E-state index is 12.9. The van der Waals surface area contributed by atoms with Gasteiger partial charge in [-0.15, -0.1) is 0 Å². The summed E-state index contributed by atoms with van der Waals surface area (Å²) in [5.41, 5.74) is 10.9. The lowest BCUT2D eigenvalue weighted by atomic mass is 10.1. The molecular weight excluding hydrogens is 422 g/mol. The highest BCUT2D eigenvalue weighted by Crippen LogP contribution is 2.22. The molecule has 0 unspecified atom stereocenters. The molecule has 1 heterocycles. The molecule has 0 saturated carbocycles. The van der Waals surface area contributed by atoms with E-state index in [0.29, 0.717) is 31.8 Å². The van der Waals surface area contributed by atoms with Crippen molar-refractivity contribution in [3.63, 3.8) is 0 Å². The number of nitrogens with two attached hydrogens (primary N) is 1. The van der Waals surface area contributed by atoms with Gasteiger partial charge in [0.15, 0.2) is 10.9 Å². The number of thiocarbonyl (C=S) groups is 1. The molecule has 0 spiro atoms. The Morgan fingerprint density at radius 3 is 2.28 bits per heavy atom. The van der Waals surface area contributed by atoms with Crippen LogP contribution in [0.4, 0.5) is 5.69 Å². The molecule has 1 amide bonds. The molecule has 0 bridgehead atoms. The van der Waals surface area contributed by atoms with Crippen LogP contribution in [0.15, 0.2) is 65.3 Å². The van der Waals surface area contributed by atoms with Crippen molar-refractivity contribution in [2.24, 2.45) is 10.7 Å². The van der Waals surface area contributed by atoms with E-state index in [1.54, 1.807) is 6.08 Å². The number of hydrogen-bond acceptors (Lipinski definition) is 6. The molecular formula is C23H21N7OS. The van der Waals surface area contributed by atoms with E-state index in [1.165, 1.54) is 5.01 Å². The van der Waals surface area contributed by atoms with Gasteiger partial charge < -0.3 is 10.6 Å². The normalized spacial score (nSPS) is 13.9. The fourth-order valence-electron chi connectivity index (χ4n) is 3.19. The molecule has 2 aromatic rings. The summed E-state index contributed by atoms with van der Waals surface area (Å²) in [4.78, 5) is 19.4. The zero-order valence-electron chi connectivity index (χ0n) is 17.2. The molecule has 0 fully saturated rings. The van der Waals surface area contributed by atoms with Gasteiger partial charge in [0.05, 0.1) is 25.0 Å². The molecule has 1 aliphatic heterocycles. The van der Waals surface area contributed by atoms with E-state index in [-0.39, 0.29) is 16.7 Å². The van der Waals surface area contributed by atoms with Crippen LogP contribution in [0.3, 0.4) is 0 Å². The number of carbonyl (C=O) groups is 1. The maximum Gasteiger partial charge on any atom is 0.297 e. The lowest BCUT2D eigenvalue weighted by Crippen LogP contribution is -2.49. The molecule has 0 radical (unpaired) electrons. The molecule has 2 aromatic carbocycles. The van der Waals surface area contributed by atoms with Crippen LogP contribution in [0.2, 0.25) is 0 Å². The van der Waals surface area contributed by atoms with Crippen molar-refractivity contribution in [3.8, 4) is 12.1 Å². The lowest BCUT2D eigenvalue weighted by molar-refractivity contribution is -0.123. The second-order valence-corrected chi connectivity index (χ2v) is 7.28. The standard InChI is InChI=1S/C23H21N7OS/c24-12-4-14-29(15-5-13-25)19-10-8-17(9-11-19)16-20-22(31)30(28-23(26)32)21(27-20)18-6-2-1-3-7-18/h1-3,6-11,16H,4-5,14-15H2,(H3,26,28,32)/b20-16+. The number of hydrogen-bond donors (Lipinski definition) is 2. The van der Waals surface area contributed by atoms with Crippen molar-refractivity contribution in [3.05, 3.63) is 71.4 Å². The van der Waals surface area contributed by atoms with Crippen LogP contribution in [0.25, 0.3) is 6.08 Å². The van der Waals surface area contributed by atoms with E-state index in [4.69, 9.17) is 28.5 Å². The average molecular weight is 444 g/mol. The van der Waals surface area contributed by atoms with Crippen LogP contribution < -0.4 is 16.1 Å². The van der Waals surface area contributed by atoms with Crippen LogP contribution in [-0.2, 0) is 4.79 Å². The molecule has 0 aliphatic carbocycles. The maximum atomic E-state index is 12.9. The minimum absolute atomic E-state index is 0.0394. The Kier molecular flexibility index (Phi) is 7.52. The van der Waals surface area contributed by atoms with Crippen molar-refractivity contribution in [1.82, 2.24) is 10.4 Å². The molecule has 9 heteroatoms. The van der Waals surface area contributed by atoms with Crippen molar-refractivity contribution >= 4 is 40.8 Å². The quantitative estimate of drug-likeness (QED) is 0.475. The fraction of sp³-hybridized carbons (Fsp3) is 0.174. The summed E-state index contributed by atoms with van der Waals surface area (Å²) >= 11 is 4.91. The summed E-state index contributed by atoms with van der Waals surface area (Å²) < 4.78 is 0. The summed E-state index contributed by atoms with van der Waals surface area (Å²) in [6.07, 6.45) is 2.42. The number of benzene rings is 2. The van der Waals surface area contributed by atoms with E-state index in [1.807, 2.05) is 59.5 Å². The largest absolute Gasteiger partial charge is 0.375 e. The minimum atomic E-state index is -0.370. The highest BCUT2D eigenvalue weighted by atomic mass is 32.1. The monoisotopic (exact) mass is 443 g/mol. The van der Waals surface area contributed by atoms with E-state index >= 15 is 0 Å². The van der Waals surface area contributed by atoms with Crippen molar-refractivity contribution in [1.29, 1.82) is 10.5 Å². The van der Waals surface area contributed by atoms with Gasteiger partial charge >= 0.3 is 0 Å². The van der Waals surface area contributed by atoms with Gasteiger partial charge in [-0.25, -0.2) is 4.99 Å². The number of hydrazine groups is 1. The van der Waals surface area contributed by atoms with Gasteiger partial charge in [-0.2, -0.15) is 15.5 Å². The van der Waals surface area contributed by atoms with Gasteiger partial charge in [0, 0.05) is 24.3 Å². The van der Waals surface area contributed by atoms with Gasteiger partial charge in [-0.1, -0.05) is 42.5 Å². The summed E-state index contributed by atoms with van der Waals surface area (Å²) in [7, 11) is 0. The third-order valence-corrected chi connectivity index (χ3v) is 4.75. The van der Waals surface area contributed by atoms with Crippen LogP contribution >= 0.6 is 12.2 Å². The second-order valence-electron chi connectivity index (χ2n) is 6.84. The van der Waals surface area contributed by atoms with E-state index in [0.717, 1.165) is 16.8 Å². The number of nitrogens with one attached hydrogen (secondary N) is 1. The molecule has 8 nitrogen and oxygen atoms in total. The third kappa shape index (κ3) is 5.48. The van der Waals surface area contributed by atoms with E-state index in [2.05, 4.69) is 22.6 Å². The van der Waals surface area contributed by atoms with Gasteiger partial charge in [-0.3, -0.25) is 10.2 Å². The topological polar surface area (TPSA) is 122 Å². The number of amides is 1. The Labute approximate surface area is 191 Å². The Morgan fingerprint density at radius 2 is 1.72 bits per heavy atom. The Hall–Kier alpha value is -4.21. The molecule has 3 N–H and O–H groups in total. The van der Waals surface area contributed by atoms with Crippen LogP contribution in [0.5, 0.6) is 0 Å². The second kappa shape index (κ2) is 10.7. The van der Waals surface area contributed by atoms with Crippen molar-refractivity contribution in [2.45, 2.75) is 12.8 Å². The molecule has 160 valence electrons. The predicted octanol–water partition coefficient (Wildman–Crippen LogP) is 2.70. The number of rotatable bonds is 8. The first kappa shape index (κ1) is 22.5. The van der Waals surface area contributed by atoms with Gasteiger partial charge in [0.1, 0.15) is 5.70 Å². The van der Waals surface area contributed by atoms with Gasteiger partial charge in [0.2, 0.25) is 0 Å². The molecule has 3 rings (SSSR count). The van der Waals surface area contributed by atoms with Gasteiger partial charge in [-0.05, 0) is 36.0 Å². The number of amidine groups is 1. The summed E-state index contributed by atoms with van der Waals surface area (Å²) in [5.74, 6) is 0.0378. The van der Waals surface area contributed by atoms with Crippen molar-refractivity contribution < 1.29 is 4.79 Å². The fourth-order valence-corrected chi connectivity index (χ4v) is 3.28. The SMILES string of the molecule is N#CCCN(CCC#N)c1ccc(/C=C2/N=C(c3ccccc3)N(NC(N)=S)C2=O)cc1. The first-order valence-electron chi connectivity index (χ1n) is 9.88. The van der Waals surface area contributed by atoms with E-state index in [9.17, 15) is 4.79 Å². The average Bonchev–Trinajstić information content (AvgIpc) is 3.10. The van der Waals surface area contributed by atoms with Gasteiger partial charge in [0.25, 0.3) is 5.91 Å². The van der Waals surface area contributed by atoms with Crippen LogP contribution in [0, 0.1) is 22.7 Å². The summed E-state index contributed by atoms with van der Waals surface area (Å²) in [6.45, 7) is 1.09. The zero-order valence-corrected chi connectivity index (χ0v) is 18.0. The number of aliphatic imine (C=N–C) groups is 1. The Morgan fingerprint density at radius 1 is 1.09 bits per heavy atom. The highest BCUT2D eigenvalue weighted by molar-refractivity contribution is 7.80. The first-order valence-corrected chi connectivity index (χ1v) is 10.3. The molecule has 32 heavy (non-hydrogen) atoms. The number of nitriles is 2. The molecule has 0 aromatic heterocycles. The lowest BCUT2D eigenvalue weighted by Gasteiger charge is -2.22. The molecule has 1 aliphatic rings. The number of carbonyl (C=O) groups excluding carboxylic acids is 1. The molecule has 0 saturated heterocycles. The number of nitrogens with zero attached hydrogens (tertiary/aromatic N) is 5. The van der Waals surface area contributed by atoms with Crippen LogP contribution in [0.1, 0.15) is 24.0 Å². The summed E-state index contributed by atoms with van der Waals surface area (Å²) in [6, 6.07) is 21.0. The molecule has 0 atom stereocenters. The summed E-state index contributed by atoms with van der Waals surface area (Å²) in [5, 5.41) is 19.0. The Balaban J connectivity index is 1.87. The smallest absolute Gasteiger partial charge is 0.297 e. The third-order valence-electron chi connectivity index (χ3n) is 4.66. The van der Waals surface area contributed by atoms with Crippen molar-refractivity contribution in [2.75, 3.05) is 18.0 Å². The minimum Gasteiger partial charge on any atom is -0.375 e. The predicted molar refractivity (Wildman–Crippen MR) is 127 cm³/mol. The van der Waals surface area contributed by atoms with Crippen LogP contribution in [-0.4, -0.2) is 35.0 Å². The number of anilines is 1. The Bertz CT molecular complexity index is 1110. The first-order chi connectivity index (χ1) is 15.5.